The first kappa shape index (κ1) is 24.2. The number of aryl methyl sites for hydroxylation is 2. The van der Waals surface area contributed by atoms with Crippen molar-refractivity contribution in [1.29, 1.82) is 0 Å². The first-order chi connectivity index (χ1) is 15.0. The summed E-state index contributed by atoms with van der Waals surface area (Å²) in [7, 11) is 0. The van der Waals surface area contributed by atoms with Gasteiger partial charge in [-0.2, -0.15) is 5.10 Å². The number of aromatic nitrogens is 5. The molecule has 0 spiro atoms. The van der Waals surface area contributed by atoms with Crippen LogP contribution in [0, 0.1) is 19.8 Å². The molecule has 3 aromatic heterocycles. The molecule has 4 heterocycles. The highest BCUT2D eigenvalue weighted by Crippen LogP contribution is 2.27. The Hall–Kier alpha value is -2.43. The Balaban J connectivity index is 0.00000289. The first-order valence-corrected chi connectivity index (χ1v) is 11.0. The van der Waals surface area contributed by atoms with Crippen LogP contribution < -0.4 is 5.32 Å². The molecule has 2 atom stereocenters. The number of aliphatic imine (C=N–C) groups is 1. The highest BCUT2D eigenvalue weighted by atomic mass is 127. The zero-order chi connectivity index (χ0) is 21.8. The summed E-state index contributed by atoms with van der Waals surface area (Å²) >= 11 is 0. The Morgan fingerprint density at radius 2 is 2.12 bits per heavy atom. The Bertz CT molecular complexity index is 1010. The van der Waals surface area contributed by atoms with E-state index >= 15 is 0 Å². The van der Waals surface area contributed by atoms with Crippen LogP contribution in [0.3, 0.4) is 0 Å². The van der Waals surface area contributed by atoms with Gasteiger partial charge in [0.15, 0.2) is 11.8 Å². The summed E-state index contributed by atoms with van der Waals surface area (Å²) in [5.41, 5.74) is 3.15. The number of hydrogen-bond donors (Lipinski definition) is 1. The Morgan fingerprint density at radius 3 is 2.75 bits per heavy atom. The van der Waals surface area contributed by atoms with Gasteiger partial charge in [-0.25, -0.2) is 19.6 Å². The molecule has 3 aromatic rings. The van der Waals surface area contributed by atoms with Gasteiger partial charge in [-0.05, 0) is 50.8 Å². The standard InChI is InChI=1S/C23H32N8.HI/c1-5-25-23(29-10-8-17(2)21(15-29)30-11-9-24-16-30)27-14-20-6-7-22(26-13-20)31-19(4)12-18(3)28-31;/h6-7,9,11-13,16-17,21H,5,8,10,14-15H2,1-4H3,(H,25,27);1H. The fourth-order valence-corrected chi connectivity index (χ4v) is 4.18. The summed E-state index contributed by atoms with van der Waals surface area (Å²) in [5, 5.41) is 7.97. The van der Waals surface area contributed by atoms with E-state index in [4.69, 9.17) is 4.99 Å². The highest BCUT2D eigenvalue weighted by Gasteiger charge is 2.28. The van der Waals surface area contributed by atoms with Crippen LogP contribution in [0.15, 0.2) is 48.1 Å². The number of imidazole rings is 1. The van der Waals surface area contributed by atoms with E-state index in [1.165, 1.54) is 0 Å². The van der Waals surface area contributed by atoms with Crippen LogP contribution in [0.2, 0.25) is 0 Å². The third kappa shape index (κ3) is 5.48. The van der Waals surface area contributed by atoms with Gasteiger partial charge >= 0.3 is 0 Å². The molecule has 9 heteroatoms. The van der Waals surface area contributed by atoms with E-state index in [1.54, 1.807) is 0 Å². The molecule has 0 bridgehead atoms. The van der Waals surface area contributed by atoms with E-state index in [-0.39, 0.29) is 24.0 Å². The minimum Gasteiger partial charge on any atom is -0.357 e. The van der Waals surface area contributed by atoms with E-state index in [9.17, 15) is 0 Å². The minimum atomic E-state index is 0. The van der Waals surface area contributed by atoms with E-state index in [1.807, 2.05) is 43.3 Å². The van der Waals surface area contributed by atoms with Crippen LogP contribution in [0.4, 0.5) is 0 Å². The molecule has 2 unspecified atom stereocenters. The lowest BCUT2D eigenvalue weighted by atomic mass is 9.93. The summed E-state index contributed by atoms with van der Waals surface area (Å²) in [6.07, 6.45) is 8.86. The minimum absolute atomic E-state index is 0. The van der Waals surface area contributed by atoms with E-state index in [0.29, 0.717) is 18.5 Å². The second kappa shape index (κ2) is 10.9. The molecule has 8 nitrogen and oxygen atoms in total. The predicted octanol–water partition coefficient (Wildman–Crippen LogP) is 3.75. The number of halogens is 1. The topological polar surface area (TPSA) is 76.2 Å². The normalized spacial score (nSPS) is 19.0. The van der Waals surface area contributed by atoms with Crippen LogP contribution in [-0.2, 0) is 6.54 Å². The lowest BCUT2D eigenvalue weighted by molar-refractivity contribution is 0.189. The Labute approximate surface area is 207 Å². The summed E-state index contributed by atoms with van der Waals surface area (Å²) in [6, 6.07) is 6.55. The molecule has 4 rings (SSSR count). The SMILES string of the molecule is CCNC(=NCc1ccc(-n2nc(C)cc2C)nc1)N1CCC(C)C(n2ccnc2)C1.I. The van der Waals surface area contributed by atoms with Crippen molar-refractivity contribution in [3.05, 3.63) is 60.1 Å². The van der Waals surface area contributed by atoms with Gasteiger partial charge in [0, 0.05) is 43.9 Å². The molecular formula is C23H33IN8. The molecule has 1 aliphatic heterocycles. The largest absolute Gasteiger partial charge is 0.357 e. The highest BCUT2D eigenvalue weighted by molar-refractivity contribution is 14.0. The van der Waals surface area contributed by atoms with E-state index in [0.717, 1.165) is 54.8 Å². The van der Waals surface area contributed by atoms with Gasteiger partial charge in [0.2, 0.25) is 0 Å². The van der Waals surface area contributed by atoms with E-state index in [2.05, 4.69) is 62.0 Å². The summed E-state index contributed by atoms with van der Waals surface area (Å²) in [4.78, 5) is 16.1. The van der Waals surface area contributed by atoms with Crippen LogP contribution in [0.5, 0.6) is 0 Å². The van der Waals surface area contributed by atoms with Gasteiger partial charge < -0.3 is 14.8 Å². The second-order valence-electron chi connectivity index (χ2n) is 8.32. The van der Waals surface area contributed by atoms with Crippen LogP contribution in [-0.4, -0.2) is 54.8 Å². The van der Waals surface area contributed by atoms with Gasteiger partial charge in [0.25, 0.3) is 0 Å². The van der Waals surface area contributed by atoms with Crippen molar-refractivity contribution < 1.29 is 0 Å². The monoisotopic (exact) mass is 548 g/mol. The number of pyridine rings is 1. The molecule has 0 saturated carbocycles. The van der Waals surface area contributed by atoms with Gasteiger partial charge in [0.05, 0.1) is 24.6 Å². The molecule has 0 radical (unpaired) electrons. The lowest BCUT2D eigenvalue weighted by Gasteiger charge is -2.39. The smallest absolute Gasteiger partial charge is 0.194 e. The quantitative estimate of drug-likeness (QED) is 0.299. The molecular weight excluding hydrogens is 515 g/mol. The predicted molar refractivity (Wildman–Crippen MR) is 138 cm³/mol. The maximum absolute atomic E-state index is 4.92. The van der Waals surface area contributed by atoms with Gasteiger partial charge in [-0.1, -0.05) is 13.0 Å². The van der Waals surface area contributed by atoms with Crippen molar-refractivity contribution in [2.45, 2.75) is 46.7 Å². The van der Waals surface area contributed by atoms with Gasteiger partial charge in [-0.15, -0.1) is 24.0 Å². The zero-order valence-electron chi connectivity index (χ0n) is 19.3. The number of piperidine rings is 1. The molecule has 172 valence electrons. The number of nitrogens with zero attached hydrogens (tertiary/aromatic N) is 7. The lowest BCUT2D eigenvalue weighted by Crippen LogP contribution is -2.49. The maximum atomic E-state index is 4.92. The molecule has 1 N–H and O–H groups in total. The third-order valence-corrected chi connectivity index (χ3v) is 5.91. The molecule has 32 heavy (non-hydrogen) atoms. The van der Waals surface area contributed by atoms with Crippen molar-refractivity contribution in [3.63, 3.8) is 0 Å². The van der Waals surface area contributed by atoms with Crippen molar-refractivity contribution in [1.82, 2.24) is 34.5 Å². The van der Waals surface area contributed by atoms with Crippen LogP contribution in [0.25, 0.3) is 5.82 Å². The van der Waals surface area contributed by atoms with Gasteiger partial charge in [-0.3, -0.25) is 0 Å². The van der Waals surface area contributed by atoms with Crippen molar-refractivity contribution in [2.24, 2.45) is 10.9 Å². The number of rotatable bonds is 5. The number of guanidine groups is 1. The molecule has 1 saturated heterocycles. The van der Waals surface area contributed by atoms with Crippen LogP contribution in [0.1, 0.15) is 43.3 Å². The second-order valence-corrected chi connectivity index (χ2v) is 8.32. The first-order valence-electron chi connectivity index (χ1n) is 11.0. The molecule has 0 aromatic carbocycles. The average molecular weight is 548 g/mol. The maximum Gasteiger partial charge on any atom is 0.194 e. The van der Waals surface area contributed by atoms with E-state index < -0.39 is 0 Å². The molecule has 1 aliphatic rings. The summed E-state index contributed by atoms with van der Waals surface area (Å²) < 4.78 is 4.10. The van der Waals surface area contributed by atoms with Crippen molar-refractivity contribution >= 4 is 29.9 Å². The fraction of sp³-hybridized carbons (Fsp3) is 0.478. The number of likely N-dealkylation sites (tertiary alicyclic amines) is 1. The van der Waals surface area contributed by atoms with Gasteiger partial charge in [0.1, 0.15) is 0 Å². The van der Waals surface area contributed by atoms with Crippen molar-refractivity contribution in [3.8, 4) is 5.82 Å². The van der Waals surface area contributed by atoms with Crippen molar-refractivity contribution in [2.75, 3.05) is 19.6 Å². The van der Waals surface area contributed by atoms with Crippen LogP contribution >= 0.6 is 24.0 Å². The third-order valence-electron chi connectivity index (χ3n) is 5.91. The number of hydrogen-bond acceptors (Lipinski definition) is 4. The number of nitrogens with one attached hydrogen (secondary N) is 1. The molecule has 0 aliphatic carbocycles. The Kier molecular flexibility index (Phi) is 8.27. The molecule has 0 amide bonds. The molecule has 1 fully saturated rings. The zero-order valence-corrected chi connectivity index (χ0v) is 21.6. The summed E-state index contributed by atoms with van der Waals surface area (Å²) in [5.74, 6) is 2.40. The average Bonchev–Trinajstić information content (AvgIpc) is 3.41. The fourth-order valence-electron chi connectivity index (χ4n) is 4.18. The summed E-state index contributed by atoms with van der Waals surface area (Å²) in [6.45, 7) is 11.8. The Morgan fingerprint density at radius 1 is 1.28 bits per heavy atom.